The molecule has 2 rings (SSSR count). The lowest BCUT2D eigenvalue weighted by molar-refractivity contribution is -0.137. The molecule has 2 fully saturated rings. The lowest BCUT2D eigenvalue weighted by atomic mass is 10.0. The van der Waals surface area contributed by atoms with Crippen LogP contribution in [0.4, 0.5) is 0 Å². The number of rotatable bonds is 4. The van der Waals surface area contributed by atoms with E-state index in [0.717, 1.165) is 32.7 Å². The second kappa shape index (κ2) is 5.80. The van der Waals surface area contributed by atoms with E-state index in [1.54, 1.807) is 0 Å². The third-order valence-corrected chi connectivity index (χ3v) is 3.28. The highest BCUT2D eigenvalue weighted by atomic mass is 16.7. The summed E-state index contributed by atoms with van der Waals surface area (Å²) in [6.07, 6.45) is 2.93. The first-order valence-corrected chi connectivity index (χ1v) is 5.88. The van der Waals surface area contributed by atoms with Gasteiger partial charge in [0.25, 0.3) is 0 Å². The standard InChI is InChI=1S/C11H21NO3/c1-9-10(2-5-14-9)6-12-7-11-3-4-13-8-15-11/h9-12H,2-8H2,1H3. The van der Waals surface area contributed by atoms with Gasteiger partial charge in [0.15, 0.2) is 0 Å². The van der Waals surface area contributed by atoms with E-state index in [0.29, 0.717) is 24.9 Å². The molecular formula is C11H21NO3. The zero-order valence-electron chi connectivity index (χ0n) is 9.41. The first-order chi connectivity index (χ1) is 7.36. The maximum Gasteiger partial charge on any atom is 0.147 e. The maximum atomic E-state index is 5.52. The minimum atomic E-state index is 0.330. The van der Waals surface area contributed by atoms with Crippen molar-refractivity contribution in [2.45, 2.75) is 32.0 Å². The van der Waals surface area contributed by atoms with E-state index in [9.17, 15) is 0 Å². The molecule has 0 spiro atoms. The average Bonchev–Trinajstić information content (AvgIpc) is 2.66. The fourth-order valence-electron chi connectivity index (χ4n) is 2.14. The highest BCUT2D eigenvalue weighted by Crippen LogP contribution is 2.19. The quantitative estimate of drug-likeness (QED) is 0.751. The van der Waals surface area contributed by atoms with Crippen LogP contribution in [0.1, 0.15) is 19.8 Å². The van der Waals surface area contributed by atoms with Crippen LogP contribution in [0.2, 0.25) is 0 Å². The lowest BCUT2D eigenvalue weighted by Crippen LogP contribution is -2.37. The Morgan fingerprint density at radius 2 is 2.07 bits per heavy atom. The summed E-state index contributed by atoms with van der Waals surface area (Å²) in [7, 11) is 0. The van der Waals surface area contributed by atoms with Crippen molar-refractivity contribution in [3.8, 4) is 0 Å². The molecule has 3 atom stereocenters. The van der Waals surface area contributed by atoms with Gasteiger partial charge in [-0.15, -0.1) is 0 Å². The van der Waals surface area contributed by atoms with Gasteiger partial charge in [-0.1, -0.05) is 0 Å². The number of ether oxygens (including phenoxy) is 3. The van der Waals surface area contributed by atoms with Gasteiger partial charge >= 0.3 is 0 Å². The molecule has 2 saturated heterocycles. The van der Waals surface area contributed by atoms with Crippen LogP contribution in [0.5, 0.6) is 0 Å². The van der Waals surface area contributed by atoms with Crippen molar-refractivity contribution < 1.29 is 14.2 Å². The summed E-state index contributed by atoms with van der Waals surface area (Å²) in [4.78, 5) is 0. The van der Waals surface area contributed by atoms with Crippen molar-refractivity contribution >= 4 is 0 Å². The van der Waals surface area contributed by atoms with Gasteiger partial charge in [-0.25, -0.2) is 0 Å². The van der Waals surface area contributed by atoms with Gasteiger partial charge in [0.05, 0.1) is 18.8 Å². The van der Waals surface area contributed by atoms with Gasteiger partial charge in [0.2, 0.25) is 0 Å². The van der Waals surface area contributed by atoms with Crippen molar-refractivity contribution in [2.24, 2.45) is 5.92 Å². The predicted octanol–water partition coefficient (Wildman–Crippen LogP) is 0.764. The van der Waals surface area contributed by atoms with Gasteiger partial charge in [-0.2, -0.15) is 0 Å². The number of nitrogens with one attached hydrogen (secondary N) is 1. The maximum absolute atomic E-state index is 5.52. The lowest BCUT2D eigenvalue weighted by Gasteiger charge is -2.24. The van der Waals surface area contributed by atoms with E-state index in [4.69, 9.17) is 14.2 Å². The summed E-state index contributed by atoms with van der Waals surface area (Å²) in [6.45, 7) is 6.34. The van der Waals surface area contributed by atoms with Gasteiger partial charge in [-0.05, 0) is 25.7 Å². The van der Waals surface area contributed by atoms with Crippen LogP contribution < -0.4 is 5.32 Å². The molecule has 88 valence electrons. The van der Waals surface area contributed by atoms with Crippen molar-refractivity contribution in [1.29, 1.82) is 0 Å². The Labute approximate surface area is 91.3 Å². The third-order valence-electron chi connectivity index (χ3n) is 3.28. The topological polar surface area (TPSA) is 39.7 Å². The van der Waals surface area contributed by atoms with Crippen LogP contribution in [-0.2, 0) is 14.2 Å². The Bertz CT molecular complexity index is 183. The summed E-state index contributed by atoms with van der Waals surface area (Å²) >= 11 is 0. The Balaban J connectivity index is 1.57. The molecule has 0 aromatic heterocycles. The zero-order chi connectivity index (χ0) is 10.5. The smallest absolute Gasteiger partial charge is 0.147 e. The van der Waals surface area contributed by atoms with Crippen molar-refractivity contribution in [1.82, 2.24) is 5.32 Å². The van der Waals surface area contributed by atoms with Gasteiger partial charge in [0.1, 0.15) is 6.79 Å². The fraction of sp³-hybridized carbons (Fsp3) is 1.00. The van der Waals surface area contributed by atoms with Gasteiger partial charge < -0.3 is 19.5 Å². The van der Waals surface area contributed by atoms with Crippen molar-refractivity contribution in [2.75, 3.05) is 33.1 Å². The molecule has 3 unspecified atom stereocenters. The van der Waals surface area contributed by atoms with E-state index < -0.39 is 0 Å². The third kappa shape index (κ3) is 3.41. The monoisotopic (exact) mass is 215 g/mol. The summed E-state index contributed by atoms with van der Waals surface area (Å²) in [5, 5.41) is 3.47. The minimum absolute atomic E-state index is 0.330. The molecule has 2 aliphatic heterocycles. The highest BCUT2D eigenvalue weighted by Gasteiger charge is 2.24. The molecule has 15 heavy (non-hydrogen) atoms. The van der Waals surface area contributed by atoms with Crippen molar-refractivity contribution in [3.05, 3.63) is 0 Å². The van der Waals surface area contributed by atoms with E-state index in [1.165, 1.54) is 6.42 Å². The second-order valence-electron chi connectivity index (χ2n) is 4.39. The Morgan fingerprint density at radius 3 is 2.73 bits per heavy atom. The summed E-state index contributed by atoms with van der Waals surface area (Å²) in [5.41, 5.74) is 0. The molecule has 0 saturated carbocycles. The zero-order valence-corrected chi connectivity index (χ0v) is 9.41. The number of hydrogen-bond acceptors (Lipinski definition) is 4. The SMILES string of the molecule is CC1OCCC1CNCC1CCOCO1. The molecule has 4 nitrogen and oxygen atoms in total. The Kier molecular flexibility index (Phi) is 4.38. The first-order valence-electron chi connectivity index (χ1n) is 5.88. The molecule has 2 heterocycles. The van der Waals surface area contributed by atoms with E-state index in [2.05, 4.69) is 12.2 Å². The number of hydrogen-bond donors (Lipinski definition) is 1. The molecule has 4 heteroatoms. The van der Waals surface area contributed by atoms with Gasteiger partial charge in [0, 0.05) is 19.7 Å². The molecule has 0 aromatic carbocycles. The van der Waals surface area contributed by atoms with Crippen LogP contribution in [0, 0.1) is 5.92 Å². The van der Waals surface area contributed by atoms with E-state index >= 15 is 0 Å². The first kappa shape index (κ1) is 11.3. The molecule has 1 N–H and O–H groups in total. The molecular weight excluding hydrogens is 194 g/mol. The summed E-state index contributed by atoms with van der Waals surface area (Å²) < 4.78 is 16.1. The summed E-state index contributed by atoms with van der Waals surface area (Å²) in [5.74, 6) is 0.671. The highest BCUT2D eigenvalue weighted by molar-refractivity contribution is 4.75. The predicted molar refractivity (Wildman–Crippen MR) is 56.7 cm³/mol. The van der Waals surface area contributed by atoms with E-state index in [1.807, 2.05) is 0 Å². The molecule has 0 amide bonds. The summed E-state index contributed by atoms with van der Waals surface area (Å²) in [6, 6.07) is 0. The van der Waals surface area contributed by atoms with Gasteiger partial charge in [-0.3, -0.25) is 0 Å². The average molecular weight is 215 g/mol. The molecule has 0 aliphatic carbocycles. The van der Waals surface area contributed by atoms with Crippen LogP contribution in [0.3, 0.4) is 0 Å². The fourth-order valence-corrected chi connectivity index (χ4v) is 2.14. The van der Waals surface area contributed by atoms with Crippen LogP contribution in [0.25, 0.3) is 0 Å². The van der Waals surface area contributed by atoms with Crippen LogP contribution in [-0.4, -0.2) is 45.3 Å². The molecule has 2 aliphatic rings. The van der Waals surface area contributed by atoms with Crippen LogP contribution in [0.15, 0.2) is 0 Å². The van der Waals surface area contributed by atoms with E-state index in [-0.39, 0.29) is 0 Å². The molecule has 0 radical (unpaired) electrons. The molecule has 0 bridgehead atoms. The van der Waals surface area contributed by atoms with Crippen molar-refractivity contribution in [3.63, 3.8) is 0 Å². The Hall–Kier alpha value is -0.160. The Morgan fingerprint density at radius 1 is 1.13 bits per heavy atom. The normalized spacial score (nSPS) is 37.0. The van der Waals surface area contributed by atoms with Crippen LogP contribution >= 0.6 is 0 Å². The minimum Gasteiger partial charge on any atom is -0.378 e. The molecule has 0 aromatic rings. The largest absolute Gasteiger partial charge is 0.378 e. The second-order valence-corrected chi connectivity index (χ2v) is 4.39.